The van der Waals surface area contributed by atoms with E-state index < -0.39 is 6.10 Å². The summed E-state index contributed by atoms with van der Waals surface area (Å²) in [6, 6.07) is 0. The van der Waals surface area contributed by atoms with Gasteiger partial charge >= 0.3 is 0 Å². The molecule has 3 atom stereocenters. The van der Waals surface area contributed by atoms with Crippen LogP contribution in [0.5, 0.6) is 0 Å². The monoisotopic (exact) mass is 238 g/mol. The van der Waals surface area contributed by atoms with Gasteiger partial charge in [0, 0.05) is 6.61 Å². The van der Waals surface area contributed by atoms with Crippen LogP contribution in [0, 0.1) is 23.7 Å². The standard InChI is InChI=1S/C13H22O2Si/c1-11(14)6-4-3-5-7-12-10-13(12)8-9-15-16-2/h3,5,11-14H,7-10,16H2,1-2H3/b5-3-/t11?,12-,13-/m1/s1. The highest BCUT2D eigenvalue weighted by atomic mass is 28.2. The average molecular weight is 238 g/mol. The summed E-state index contributed by atoms with van der Waals surface area (Å²) in [4.78, 5) is 0. The number of rotatable bonds is 6. The Morgan fingerprint density at radius 3 is 3.06 bits per heavy atom. The van der Waals surface area contributed by atoms with Gasteiger partial charge in [0.2, 0.25) is 0 Å². The van der Waals surface area contributed by atoms with Crippen molar-refractivity contribution in [2.24, 2.45) is 11.8 Å². The highest BCUT2D eigenvalue weighted by Crippen LogP contribution is 2.43. The van der Waals surface area contributed by atoms with E-state index in [1.54, 1.807) is 6.92 Å². The highest BCUT2D eigenvalue weighted by Gasteiger charge is 2.34. The molecular formula is C13H22O2Si. The minimum absolute atomic E-state index is 0.205. The Morgan fingerprint density at radius 2 is 2.38 bits per heavy atom. The third kappa shape index (κ3) is 6.11. The molecule has 0 saturated heterocycles. The van der Waals surface area contributed by atoms with Gasteiger partial charge in [0.05, 0.1) is 0 Å². The van der Waals surface area contributed by atoms with Crippen LogP contribution in [0.3, 0.4) is 0 Å². The van der Waals surface area contributed by atoms with Crippen molar-refractivity contribution in [1.29, 1.82) is 0 Å². The van der Waals surface area contributed by atoms with E-state index in [2.05, 4.69) is 24.5 Å². The van der Waals surface area contributed by atoms with Crippen LogP contribution >= 0.6 is 0 Å². The first kappa shape index (κ1) is 13.5. The molecule has 90 valence electrons. The molecule has 1 rings (SSSR count). The quantitative estimate of drug-likeness (QED) is 0.432. The number of hydrogen-bond donors (Lipinski definition) is 1. The van der Waals surface area contributed by atoms with Gasteiger partial charge in [-0.3, -0.25) is 0 Å². The van der Waals surface area contributed by atoms with E-state index in [4.69, 9.17) is 9.53 Å². The summed E-state index contributed by atoms with van der Waals surface area (Å²) in [5.74, 6) is 7.27. The summed E-state index contributed by atoms with van der Waals surface area (Å²) >= 11 is 0. The van der Waals surface area contributed by atoms with Crippen molar-refractivity contribution in [2.45, 2.75) is 38.8 Å². The molecule has 1 saturated carbocycles. The van der Waals surface area contributed by atoms with Crippen molar-refractivity contribution in [3.8, 4) is 11.8 Å². The molecule has 0 aromatic carbocycles. The Balaban J connectivity index is 2.02. The van der Waals surface area contributed by atoms with Gasteiger partial charge in [-0.1, -0.05) is 24.5 Å². The summed E-state index contributed by atoms with van der Waals surface area (Å²) in [5, 5.41) is 8.92. The third-order valence-corrected chi connectivity index (χ3v) is 3.54. The van der Waals surface area contributed by atoms with Crippen molar-refractivity contribution < 1.29 is 9.53 Å². The normalized spacial score (nSPS) is 25.9. The number of hydrogen-bond acceptors (Lipinski definition) is 2. The predicted molar refractivity (Wildman–Crippen MR) is 69.8 cm³/mol. The first-order chi connectivity index (χ1) is 7.74. The molecule has 1 aliphatic carbocycles. The summed E-state index contributed by atoms with van der Waals surface area (Å²) in [7, 11) is -0.205. The highest BCUT2D eigenvalue weighted by molar-refractivity contribution is 6.24. The molecule has 16 heavy (non-hydrogen) atoms. The zero-order valence-electron chi connectivity index (χ0n) is 10.3. The zero-order valence-corrected chi connectivity index (χ0v) is 11.7. The molecule has 1 aliphatic rings. The fourth-order valence-electron chi connectivity index (χ4n) is 1.80. The maximum absolute atomic E-state index is 8.92. The fourth-order valence-corrected chi connectivity index (χ4v) is 2.26. The van der Waals surface area contributed by atoms with Crippen LogP contribution in [0.1, 0.15) is 26.2 Å². The lowest BCUT2D eigenvalue weighted by Gasteiger charge is -1.99. The summed E-state index contributed by atoms with van der Waals surface area (Å²) in [5.41, 5.74) is 0. The second-order valence-corrected chi connectivity index (χ2v) is 5.33. The lowest BCUT2D eigenvalue weighted by molar-refractivity contribution is 0.253. The van der Waals surface area contributed by atoms with E-state index in [-0.39, 0.29) is 9.76 Å². The molecule has 0 aromatic heterocycles. The van der Waals surface area contributed by atoms with Crippen LogP contribution in [-0.4, -0.2) is 27.6 Å². The van der Waals surface area contributed by atoms with Gasteiger partial charge in [-0.05, 0) is 44.1 Å². The predicted octanol–water partition coefficient (Wildman–Crippen LogP) is 1.49. The number of aliphatic hydroxyl groups is 1. The van der Waals surface area contributed by atoms with Crippen LogP contribution in [0.2, 0.25) is 6.55 Å². The van der Waals surface area contributed by atoms with Gasteiger partial charge in [-0.15, -0.1) is 0 Å². The van der Waals surface area contributed by atoms with Crippen molar-refractivity contribution in [2.75, 3.05) is 6.61 Å². The molecule has 0 aromatic rings. The van der Waals surface area contributed by atoms with Gasteiger partial charge in [0.25, 0.3) is 0 Å². The van der Waals surface area contributed by atoms with E-state index in [1.165, 1.54) is 12.8 Å². The molecule has 2 nitrogen and oxygen atoms in total. The van der Waals surface area contributed by atoms with Crippen molar-refractivity contribution >= 4 is 9.76 Å². The molecule has 0 radical (unpaired) electrons. The van der Waals surface area contributed by atoms with E-state index in [0.29, 0.717) is 0 Å². The summed E-state index contributed by atoms with van der Waals surface area (Å²) < 4.78 is 5.47. The van der Waals surface area contributed by atoms with Crippen LogP contribution in [0.4, 0.5) is 0 Å². The second kappa shape index (κ2) is 7.67. The second-order valence-electron chi connectivity index (χ2n) is 4.34. The average Bonchev–Trinajstić information content (AvgIpc) is 2.96. The first-order valence-corrected chi connectivity index (χ1v) is 8.15. The molecule has 0 bridgehead atoms. The lowest BCUT2D eigenvalue weighted by Crippen LogP contribution is -1.97. The number of allylic oxidation sites excluding steroid dienone is 2. The molecule has 0 heterocycles. The topological polar surface area (TPSA) is 29.5 Å². The first-order valence-electron chi connectivity index (χ1n) is 6.16. The summed E-state index contributed by atoms with van der Waals surface area (Å²) in [6.45, 7) is 4.82. The van der Waals surface area contributed by atoms with Crippen molar-refractivity contribution in [3.63, 3.8) is 0 Å². The van der Waals surface area contributed by atoms with E-state index in [9.17, 15) is 0 Å². The van der Waals surface area contributed by atoms with Crippen molar-refractivity contribution in [3.05, 3.63) is 12.2 Å². The molecule has 1 unspecified atom stereocenters. The molecule has 0 spiro atoms. The minimum atomic E-state index is -0.520. The van der Waals surface area contributed by atoms with Crippen LogP contribution in [0.25, 0.3) is 0 Å². The Kier molecular flexibility index (Phi) is 6.47. The Labute approximate surface area is 101 Å². The Morgan fingerprint density at radius 1 is 1.56 bits per heavy atom. The smallest absolute Gasteiger partial charge is 0.158 e. The largest absolute Gasteiger partial charge is 0.424 e. The molecule has 3 heteroatoms. The fraction of sp³-hybridized carbons (Fsp3) is 0.692. The minimum Gasteiger partial charge on any atom is -0.424 e. The van der Waals surface area contributed by atoms with Gasteiger partial charge in [0.1, 0.15) is 6.10 Å². The molecule has 1 fully saturated rings. The summed E-state index contributed by atoms with van der Waals surface area (Å²) in [6.07, 6.45) is 7.17. The molecule has 0 amide bonds. The van der Waals surface area contributed by atoms with Crippen LogP contribution < -0.4 is 0 Å². The zero-order chi connectivity index (χ0) is 11.8. The molecular weight excluding hydrogens is 216 g/mol. The molecule has 0 aliphatic heterocycles. The van der Waals surface area contributed by atoms with E-state index >= 15 is 0 Å². The van der Waals surface area contributed by atoms with Crippen molar-refractivity contribution in [1.82, 2.24) is 0 Å². The lowest BCUT2D eigenvalue weighted by atomic mass is 10.2. The Bertz CT molecular complexity index is 275. The van der Waals surface area contributed by atoms with Crippen LogP contribution in [-0.2, 0) is 4.43 Å². The van der Waals surface area contributed by atoms with Gasteiger partial charge < -0.3 is 9.53 Å². The van der Waals surface area contributed by atoms with E-state index in [1.807, 2.05) is 6.08 Å². The van der Waals surface area contributed by atoms with Gasteiger partial charge in [-0.25, -0.2) is 0 Å². The maximum Gasteiger partial charge on any atom is 0.158 e. The van der Waals surface area contributed by atoms with Crippen LogP contribution in [0.15, 0.2) is 12.2 Å². The third-order valence-electron chi connectivity index (χ3n) is 2.84. The Hall–Kier alpha value is -0.563. The van der Waals surface area contributed by atoms with E-state index in [0.717, 1.165) is 24.9 Å². The maximum atomic E-state index is 8.92. The molecule has 1 N–H and O–H groups in total. The van der Waals surface area contributed by atoms with Gasteiger partial charge in [-0.2, -0.15) is 0 Å². The van der Waals surface area contributed by atoms with Gasteiger partial charge in [0.15, 0.2) is 9.76 Å². The SMILES string of the molecule is C[SiH2]OCC[C@@H]1C[C@H]1C/C=C\C#CC(C)O. The number of aliphatic hydroxyl groups excluding tert-OH is 1.